The zero-order valence-electron chi connectivity index (χ0n) is 12.9. The van der Waals surface area contributed by atoms with E-state index in [0.29, 0.717) is 13.2 Å². The minimum absolute atomic E-state index is 0.0934. The third-order valence-corrected chi connectivity index (χ3v) is 2.95. The van der Waals surface area contributed by atoms with Crippen LogP contribution in [0.5, 0.6) is 5.75 Å². The lowest BCUT2D eigenvalue weighted by molar-refractivity contribution is -0.122. The molecule has 1 amide bonds. The normalized spacial score (nSPS) is 10.3. The molecule has 8 heteroatoms. The molecule has 1 aromatic carbocycles. The Morgan fingerprint density at radius 3 is 2.57 bits per heavy atom. The first kappa shape index (κ1) is 16.5. The van der Waals surface area contributed by atoms with Crippen molar-refractivity contribution in [2.45, 2.75) is 20.4 Å². The fourth-order valence-electron chi connectivity index (χ4n) is 2.05. The summed E-state index contributed by atoms with van der Waals surface area (Å²) in [6.45, 7) is 4.57. The molecule has 1 aromatic heterocycles. The average Bonchev–Trinajstić information content (AvgIpc) is 2.91. The number of hydrogen-bond acceptors (Lipinski definition) is 5. The maximum atomic E-state index is 11.7. The highest BCUT2D eigenvalue weighted by atomic mass is 16.5. The quantitative estimate of drug-likeness (QED) is 0.731. The predicted octanol–water partition coefficient (Wildman–Crippen LogP) is 0.788. The van der Waals surface area contributed by atoms with Gasteiger partial charge in [-0.2, -0.15) is 0 Å². The van der Waals surface area contributed by atoms with Gasteiger partial charge in [0.05, 0.1) is 12.7 Å². The number of rotatable bonds is 7. The smallest absolute Gasteiger partial charge is 0.358 e. The van der Waals surface area contributed by atoms with Crippen molar-refractivity contribution in [1.82, 2.24) is 20.3 Å². The van der Waals surface area contributed by atoms with E-state index >= 15 is 0 Å². The number of hydrogen-bond donors (Lipinski definition) is 2. The third kappa shape index (κ3) is 5.10. The van der Waals surface area contributed by atoms with Crippen LogP contribution in [0.25, 0.3) is 0 Å². The number of benzene rings is 1. The zero-order chi connectivity index (χ0) is 16.8. The maximum Gasteiger partial charge on any atom is 0.358 e. The Kier molecular flexibility index (Phi) is 5.29. The first-order valence-corrected chi connectivity index (χ1v) is 7.05. The Labute approximate surface area is 133 Å². The van der Waals surface area contributed by atoms with Crippen LogP contribution in [0.4, 0.5) is 0 Å². The molecule has 0 saturated heterocycles. The lowest BCUT2D eigenvalue weighted by Gasteiger charge is -2.09. The van der Waals surface area contributed by atoms with E-state index < -0.39 is 5.97 Å². The Hall–Kier alpha value is -2.90. The molecule has 8 nitrogen and oxygen atoms in total. The molecule has 23 heavy (non-hydrogen) atoms. The number of aryl methyl sites for hydroxylation is 2. The van der Waals surface area contributed by atoms with Crippen LogP contribution in [0.2, 0.25) is 0 Å². The molecule has 0 unspecified atom stereocenters. The lowest BCUT2D eigenvalue weighted by atomic mass is 10.1. The molecule has 0 saturated carbocycles. The number of aromatic nitrogens is 3. The molecule has 122 valence electrons. The second kappa shape index (κ2) is 7.39. The van der Waals surface area contributed by atoms with Gasteiger partial charge < -0.3 is 15.2 Å². The van der Waals surface area contributed by atoms with E-state index in [1.165, 1.54) is 10.9 Å². The molecule has 1 heterocycles. The number of carboxylic acid groups (broad SMARTS) is 1. The summed E-state index contributed by atoms with van der Waals surface area (Å²) in [5, 5.41) is 18.4. The van der Waals surface area contributed by atoms with Gasteiger partial charge in [-0.25, -0.2) is 9.48 Å². The Balaban J connectivity index is 1.73. The molecule has 0 spiro atoms. The van der Waals surface area contributed by atoms with E-state index in [9.17, 15) is 9.59 Å². The first-order chi connectivity index (χ1) is 10.9. The van der Waals surface area contributed by atoms with Gasteiger partial charge in [-0.3, -0.25) is 4.79 Å². The molecular weight excluding hydrogens is 300 g/mol. The van der Waals surface area contributed by atoms with Gasteiger partial charge in [0.15, 0.2) is 5.69 Å². The highest BCUT2D eigenvalue weighted by Gasteiger charge is 2.10. The molecule has 0 aliphatic rings. The molecule has 2 N–H and O–H groups in total. The van der Waals surface area contributed by atoms with Gasteiger partial charge in [0.25, 0.3) is 0 Å². The molecule has 0 bridgehead atoms. The van der Waals surface area contributed by atoms with Crippen molar-refractivity contribution in [1.29, 1.82) is 0 Å². The van der Waals surface area contributed by atoms with Crippen LogP contribution in [0.1, 0.15) is 21.6 Å². The molecule has 0 aliphatic carbocycles. The Morgan fingerprint density at radius 2 is 1.96 bits per heavy atom. The van der Waals surface area contributed by atoms with Gasteiger partial charge in [-0.15, -0.1) is 5.10 Å². The fraction of sp³-hybridized carbons (Fsp3) is 0.333. The van der Waals surface area contributed by atoms with Crippen LogP contribution in [0.3, 0.4) is 0 Å². The van der Waals surface area contributed by atoms with E-state index in [4.69, 9.17) is 9.84 Å². The predicted molar refractivity (Wildman–Crippen MR) is 81.4 cm³/mol. The fourth-order valence-corrected chi connectivity index (χ4v) is 2.05. The average molecular weight is 318 g/mol. The van der Waals surface area contributed by atoms with Gasteiger partial charge in [0.1, 0.15) is 18.9 Å². The number of nitrogens with one attached hydrogen (secondary N) is 1. The minimum atomic E-state index is -1.18. The zero-order valence-corrected chi connectivity index (χ0v) is 12.9. The van der Waals surface area contributed by atoms with Crippen LogP contribution in [-0.4, -0.2) is 45.1 Å². The van der Waals surface area contributed by atoms with Crippen LogP contribution >= 0.6 is 0 Å². The van der Waals surface area contributed by atoms with E-state index in [1.807, 2.05) is 26.0 Å². The monoisotopic (exact) mass is 318 g/mol. The number of amides is 1. The summed E-state index contributed by atoms with van der Waals surface area (Å²) in [4.78, 5) is 22.4. The van der Waals surface area contributed by atoms with Gasteiger partial charge in [-0.1, -0.05) is 11.3 Å². The summed E-state index contributed by atoms with van der Waals surface area (Å²) in [7, 11) is 0. The second-order valence-corrected chi connectivity index (χ2v) is 5.13. The number of aromatic carboxylic acids is 1. The lowest BCUT2D eigenvalue weighted by Crippen LogP contribution is -2.31. The van der Waals surface area contributed by atoms with Crippen LogP contribution in [0, 0.1) is 13.8 Å². The number of carbonyl (C=O) groups is 2. The Bertz CT molecular complexity index is 691. The second-order valence-electron chi connectivity index (χ2n) is 5.13. The van der Waals surface area contributed by atoms with Crippen molar-refractivity contribution < 1.29 is 19.4 Å². The topological polar surface area (TPSA) is 106 Å². The molecule has 0 atom stereocenters. The number of nitrogens with zero attached hydrogens (tertiary/aromatic N) is 3. The van der Waals surface area contributed by atoms with Gasteiger partial charge in [-0.05, 0) is 37.1 Å². The van der Waals surface area contributed by atoms with Gasteiger partial charge >= 0.3 is 5.97 Å². The SMILES string of the molecule is Cc1cc(C)cc(OCCNC(=O)Cn2cc(C(=O)O)nn2)c1. The van der Waals surface area contributed by atoms with Gasteiger partial charge in [0.2, 0.25) is 5.91 Å². The molecule has 2 aromatic rings. The summed E-state index contributed by atoms with van der Waals surface area (Å²) in [6, 6.07) is 5.91. The summed E-state index contributed by atoms with van der Waals surface area (Å²) in [5.41, 5.74) is 2.03. The summed E-state index contributed by atoms with van der Waals surface area (Å²) in [6.07, 6.45) is 1.20. The molecule has 0 aliphatic heterocycles. The van der Waals surface area contributed by atoms with Gasteiger partial charge in [0, 0.05) is 0 Å². The van der Waals surface area contributed by atoms with E-state index in [-0.39, 0.29) is 18.1 Å². The maximum absolute atomic E-state index is 11.7. The van der Waals surface area contributed by atoms with E-state index in [0.717, 1.165) is 16.9 Å². The van der Waals surface area contributed by atoms with Crippen molar-refractivity contribution >= 4 is 11.9 Å². The molecule has 2 rings (SSSR count). The van der Waals surface area contributed by atoms with Crippen molar-refractivity contribution in [3.63, 3.8) is 0 Å². The molecule has 0 radical (unpaired) electrons. The highest BCUT2D eigenvalue weighted by molar-refractivity contribution is 5.84. The number of carboxylic acids is 1. The van der Waals surface area contributed by atoms with Crippen LogP contribution in [0.15, 0.2) is 24.4 Å². The first-order valence-electron chi connectivity index (χ1n) is 7.05. The molecular formula is C15H18N4O4. The highest BCUT2D eigenvalue weighted by Crippen LogP contribution is 2.15. The largest absolute Gasteiger partial charge is 0.492 e. The van der Waals surface area contributed by atoms with Crippen molar-refractivity contribution in [2.24, 2.45) is 0 Å². The summed E-state index contributed by atoms with van der Waals surface area (Å²) in [5.74, 6) is -0.714. The van der Waals surface area contributed by atoms with E-state index in [2.05, 4.69) is 21.7 Å². The van der Waals surface area contributed by atoms with Crippen molar-refractivity contribution in [3.8, 4) is 5.75 Å². The van der Waals surface area contributed by atoms with E-state index in [1.54, 1.807) is 0 Å². The standard InChI is InChI=1S/C15H18N4O4/c1-10-5-11(2)7-12(6-10)23-4-3-16-14(20)9-19-8-13(15(21)22)17-18-19/h5-8H,3-4,9H2,1-2H3,(H,16,20)(H,21,22). The number of carbonyl (C=O) groups excluding carboxylic acids is 1. The Morgan fingerprint density at radius 1 is 1.26 bits per heavy atom. The minimum Gasteiger partial charge on any atom is -0.492 e. The molecule has 0 fully saturated rings. The number of ether oxygens (including phenoxy) is 1. The van der Waals surface area contributed by atoms with Crippen molar-refractivity contribution in [3.05, 3.63) is 41.2 Å². The third-order valence-electron chi connectivity index (χ3n) is 2.95. The van der Waals surface area contributed by atoms with Crippen LogP contribution < -0.4 is 10.1 Å². The summed E-state index contributed by atoms with van der Waals surface area (Å²) < 4.78 is 6.75. The summed E-state index contributed by atoms with van der Waals surface area (Å²) >= 11 is 0. The van der Waals surface area contributed by atoms with Crippen LogP contribution in [-0.2, 0) is 11.3 Å². The van der Waals surface area contributed by atoms with Crippen molar-refractivity contribution in [2.75, 3.05) is 13.2 Å².